The third-order valence-corrected chi connectivity index (χ3v) is 3.95. The lowest BCUT2D eigenvalue weighted by Gasteiger charge is -2.10. The molecule has 1 aliphatic rings. The summed E-state index contributed by atoms with van der Waals surface area (Å²) in [6, 6.07) is 0. The average Bonchev–Trinajstić information content (AvgIpc) is 3.27. The van der Waals surface area contributed by atoms with Crippen LogP contribution in [0.25, 0.3) is 0 Å². The van der Waals surface area contributed by atoms with Crippen molar-refractivity contribution in [3.05, 3.63) is 30.0 Å². The van der Waals surface area contributed by atoms with E-state index in [-0.39, 0.29) is 0 Å². The largest absolute Gasteiger partial charge is 0.308 e. The van der Waals surface area contributed by atoms with E-state index in [0.29, 0.717) is 11.7 Å². The number of hydrogen-bond acceptors (Lipinski definition) is 7. The molecule has 3 N–H and O–H groups in total. The Morgan fingerprint density at radius 1 is 1.32 bits per heavy atom. The zero-order valence-electron chi connectivity index (χ0n) is 10.5. The summed E-state index contributed by atoms with van der Waals surface area (Å²) in [5.41, 5.74) is 3.58. The van der Waals surface area contributed by atoms with Crippen LogP contribution in [0.1, 0.15) is 30.1 Å². The highest BCUT2D eigenvalue weighted by Gasteiger charge is 2.28. The molecule has 2 aromatic heterocycles. The van der Waals surface area contributed by atoms with Crippen molar-refractivity contribution < 1.29 is 0 Å². The van der Waals surface area contributed by atoms with Crippen LogP contribution in [-0.2, 0) is 0 Å². The maximum Gasteiger partial charge on any atom is 0.147 e. The molecular formula is C12H14N6S. The van der Waals surface area contributed by atoms with Gasteiger partial charge in [0.1, 0.15) is 21.7 Å². The van der Waals surface area contributed by atoms with Crippen LogP contribution in [0.5, 0.6) is 0 Å². The summed E-state index contributed by atoms with van der Waals surface area (Å²) in [5.74, 6) is 7.55. The van der Waals surface area contributed by atoms with E-state index >= 15 is 0 Å². The summed E-state index contributed by atoms with van der Waals surface area (Å²) in [6.45, 7) is 1.95. The lowest BCUT2D eigenvalue weighted by atomic mass is 10.3. The normalized spacial score (nSPS) is 14.4. The first kappa shape index (κ1) is 12.3. The van der Waals surface area contributed by atoms with Gasteiger partial charge in [0.25, 0.3) is 0 Å². The van der Waals surface area contributed by atoms with Gasteiger partial charge in [-0.2, -0.15) is 0 Å². The topological polar surface area (TPSA) is 89.6 Å². The molecule has 6 nitrogen and oxygen atoms in total. The molecule has 0 unspecified atom stereocenters. The van der Waals surface area contributed by atoms with Crippen LogP contribution in [0.4, 0.5) is 5.82 Å². The number of hydrazine groups is 1. The maximum atomic E-state index is 5.52. The Bertz CT molecular complexity index is 584. The van der Waals surface area contributed by atoms with Gasteiger partial charge in [0.05, 0.1) is 6.20 Å². The third kappa shape index (κ3) is 2.66. The van der Waals surface area contributed by atoms with Crippen molar-refractivity contribution in [2.24, 2.45) is 5.84 Å². The molecule has 0 amide bonds. The van der Waals surface area contributed by atoms with E-state index in [1.807, 2.05) is 6.92 Å². The van der Waals surface area contributed by atoms with Crippen LogP contribution < -0.4 is 11.3 Å². The number of aromatic nitrogens is 4. The van der Waals surface area contributed by atoms with Gasteiger partial charge in [-0.3, -0.25) is 4.98 Å². The van der Waals surface area contributed by atoms with Crippen molar-refractivity contribution >= 4 is 17.6 Å². The SMILES string of the molecule is Cc1c(NN)nc(C2CC2)nc1Sc1cnccn1. The molecule has 98 valence electrons. The monoisotopic (exact) mass is 274 g/mol. The summed E-state index contributed by atoms with van der Waals surface area (Å²) in [5, 5.41) is 1.69. The predicted octanol–water partition coefficient (Wildman–Crippen LogP) is 1.89. The lowest BCUT2D eigenvalue weighted by Crippen LogP contribution is -2.13. The summed E-state index contributed by atoms with van der Waals surface area (Å²) in [7, 11) is 0. The van der Waals surface area contributed by atoms with Crippen LogP contribution >= 0.6 is 11.8 Å². The predicted molar refractivity (Wildman–Crippen MR) is 72.7 cm³/mol. The standard InChI is InChI=1S/C12H14N6S/c1-7-10(18-13)16-11(8-2-3-8)17-12(7)19-9-6-14-4-5-15-9/h4-6,8H,2-3,13H2,1H3,(H,16,17,18). The van der Waals surface area contributed by atoms with Gasteiger partial charge in [0.2, 0.25) is 0 Å². The van der Waals surface area contributed by atoms with Gasteiger partial charge in [0, 0.05) is 23.9 Å². The Kier molecular flexibility index (Phi) is 3.31. The third-order valence-electron chi connectivity index (χ3n) is 2.94. The second-order valence-corrected chi connectivity index (χ2v) is 5.43. The Morgan fingerprint density at radius 2 is 2.16 bits per heavy atom. The smallest absolute Gasteiger partial charge is 0.147 e. The van der Waals surface area contributed by atoms with E-state index in [0.717, 1.165) is 34.3 Å². The summed E-state index contributed by atoms with van der Waals surface area (Å²) in [4.78, 5) is 17.4. The van der Waals surface area contributed by atoms with Crippen molar-refractivity contribution in [2.45, 2.75) is 35.7 Å². The summed E-state index contributed by atoms with van der Waals surface area (Å²) >= 11 is 1.48. The van der Waals surface area contributed by atoms with Crippen molar-refractivity contribution in [2.75, 3.05) is 5.43 Å². The van der Waals surface area contributed by atoms with Gasteiger partial charge in [0.15, 0.2) is 0 Å². The Balaban J connectivity index is 1.97. The van der Waals surface area contributed by atoms with Gasteiger partial charge >= 0.3 is 0 Å². The average molecular weight is 274 g/mol. The zero-order valence-corrected chi connectivity index (χ0v) is 11.3. The van der Waals surface area contributed by atoms with Crippen LogP contribution in [0.2, 0.25) is 0 Å². The summed E-state index contributed by atoms with van der Waals surface area (Å²) < 4.78 is 0. The quantitative estimate of drug-likeness (QED) is 0.500. The number of nitrogen functional groups attached to an aromatic ring is 1. The molecule has 0 bridgehead atoms. The molecule has 0 spiro atoms. The number of hydrogen-bond donors (Lipinski definition) is 2. The molecule has 3 rings (SSSR count). The minimum atomic E-state index is 0.480. The highest BCUT2D eigenvalue weighted by atomic mass is 32.2. The van der Waals surface area contributed by atoms with E-state index in [4.69, 9.17) is 5.84 Å². The van der Waals surface area contributed by atoms with Gasteiger partial charge in [-0.1, -0.05) is 0 Å². The van der Waals surface area contributed by atoms with E-state index < -0.39 is 0 Å². The molecule has 7 heteroatoms. The van der Waals surface area contributed by atoms with Gasteiger partial charge < -0.3 is 5.43 Å². The molecule has 0 atom stereocenters. The van der Waals surface area contributed by atoms with Crippen LogP contribution in [0, 0.1) is 6.92 Å². The fraction of sp³-hybridized carbons (Fsp3) is 0.333. The minimum Gasteiger partial charge on any atom is -0.308 e. The molecule has 0 aliphatic heterocycles. The van der Waals surface area contributed by atoms with Crippen LogP contribution in [0.15, 0.2) is 28.6 Å². The Morgan fingerprint density at radius 3 is 2.79 bits per heavy atom. The van der Waals surface area contributed by atoms with Crippen molar-refractivity contribution in [3.63, 3.8) is 0 Å². The fourth-order valence-electron chi connectivity index (χ4n) is 1.71. The van der Waals surface area contributed by atoms with Gasteiger partial charge in [-0.15, -0.1) is 0 Å². The minimum absolute atomic E-state index is 0.480. The first-order chi connectivity index (χ1) is 9.28. The number of nitrogens with one attached hydrogen (secondary N) is 1. The van der Waals surface area contributed by atoms with Gasteiger partial charge in [-0.25, -0.2) is 20.8 Å². The molecule has 1 fully saturated rings. The molecule has 19 heavy (non-hydrogen) atoms. The molecular weight excluding hydrogens is 260 g/mol. The number of anilines is 1. The second kappa shape index (κ2) is 5.10. The Hall–Kier alpha value is -1.73. The van der Waals surface area contributed by atoms with Crippen molar-refractivity contribution in [1.82, 2.24) is 19.9 Å². The van der Waals surface area contributed by atoms with E-state index in [9.17, 15) is 0 Å². The van der Waals surface area contributed by atoms with Crippen LogP contribution in [-0.4, -0.2) is 19.9 Å². The number of rotatable bonds is 4. The highest BCUT2D eigenvalue weighted by Crippen LogP contribution is 2.40. The molecule has 1 saturated carbocycles. The molecule has 2 heterocycles. The van der Waals surface area contributed by atoms with E-state index in [1.54, 1.807) is 18.6 Å². The first-order valence-electron chi connectivity index (χ1n) is 6.07. The van der Waals surface area contributed by atoms with E-state index in [1.165, 1.54) is 11.8 Å². The molecule has 2 aromatic rings. The Labute approximate surface area is 115 Å². The lowest BCUT2D eigenvalue weighted by molar-refractivity contribution is 0.860. The molecule has 0 radical (unpaired) electrons. The maximum absolute atomic E-state index is 5.52. The second-order valence-electron chi connectivity index (χ2n) is 4.42. The highest BCUT2D eigenvalue weighted by molar-refractivity contribution is 7.99. The number of nitrogens with zero attached hydrogens (tertiary/aromatic N) is 4. The molecule has 0 aromatic carbocycles. The molecule has 1 aliphatic carbocycles. The first-order valence-corrected chi connectivity index (χ1v) is 6.88. The summed E-state index contributed by atoms with van der Waals surface area (Å²) in [6.07, 6.45) is 7.35. The van der Waals surface area contributed by atoms with Crippen molar-refractivity contribution in [1.29, 1.82) is 0 Å². The van der Waals surface area contributed by atoms with Crippen LogP contribution in [0.3, 0.4) is 0 Å². The van der Waals surface area contributed by atoms with E-state index in [2.05, 4.69) is 25.4 Å². The van der Waals surface area contributed by atoms with Crippen molar-refractivity contribution in [3.8, 4) is 0 Å². The number of nitrogens with two attached hydrogens (primary N) is 1. The zero-order chi connectivity index (χ0) is 13.2. The molecule has 0 saturated heterocycles. The van der Waals surface area contributed by atoms with Gasteiger partial charge in [-0.05, 0) is 31.5 Å². The fourth-order valence-corrected chi connectivity index (χ4v) is 2.53.